The third-order valence-electron chi connectivity index (χ3n) is 4.75. The number of H-pyrrole nitrogens is 2. The number of aromatic nitrogens is 5. The van der Waals surface area contributed by atoms with Gasteiger partial charge < -0.3 is 9.97 Å². The third-order valence-corrected chi connectivity index (χ3v) is 4.75. The lowest BCUT2D eigenvalue weighted by atomic mass is 10.0. The lowest BCUT2D eigenvalue weighted by Crippen LogP contribution is -1.88. The number of rotatable bonds is 3. The first-order valence-electron chi connectivity index (χ1n) is 9.02. The number of benzene rings is 2. The predicted octanol–water partition coefficient (Wildman–Crippen LogP) is 4.71. The highest BCUT2D eigenvalue weighted by molar-refractivity contribution is 5.80. The van der Waals surface area contributed by atoms with Gasteiger partial charge in [0.15, 0.2) is 5.82 Å². The topological polar surface area (TPSA) is 70.2 Å². The van der Waals surface area contributed by atoms with E-state index in [1.54, 1.807) is 0 Å². The van der Waals surface area contributed by atoms with E-state index in [0.717, 1.165) is 51.5 Å². The smallest absolute Gasteiger partial charge is 0.157 e. The van der Waals surface area contributed by atoms with Crippen LogP contribution in [0.25, 0.3) is 33.6 Å². The number of aromatic amines is 2. The summed E-state index contributed by atoms with van der Waals surface area (Å²) >= 11 is 0. The number of imidazole rings is 2. The Bertz CT molecular complexity index is 1280. The second-order valence-corrected chi connectivity index (χ2v) is 6.95. The van der Waals surface area contributed by atoms with E-state index < -0.39 is 0 Å². The van der Waals surface area contributed by atoms with Crippen molar-refractivity contribution in [2.75, 3.05) is 0 Å². The van der Waals surface area contributed by atoms with Gasteiger partial charge in [-0.05, 0) is 67.8 Å². The van der Waals surface area contributed by atoms with Crippen LogP contribution in [0.4, 0.5) is 0 Å². The van der Waals surface area contributed by atoms with Crippen LogP contribution in [-0.4, -0.2) is 24.9 Å². The fraction of sp³-hybridized carbons (Fsp3) is 0.136. The molecule has 132 valence electrons. The van der Waals surface area contributed by atoms with Crippen LogP contribution in [-0.2, 0) is 6.42 Å². The number of pyridine rings is 1. The number of hydrogen-bond acceptors (Lipinski definition) is 3. The van der Waals surface area contributed by atoms with Gasteiger partial charge in [-0.15, -0.1) is 0 Å². The molecule has 0 unspecified atom stereocenters. The molecule has 5 nitrogen and oxygen atoms in total. The van der Waals surface area contributed by atoms with Gasteiger partial charge in [0.1, 0.15) is 11.5 Å². The summed E-state index contributed by atoms with van der Waals surface area (Å²) in [6, 6.07) is 18.7. The molecule has 0 atom stereocenters. The molecule has 0 fully saturated rings. The molecule has 0 aliphatic rings. The SMILES string of the molecule is Cc1cccc(-c2nc3ccc(Cc4ccc5nc(C)[nH]c5c4)cc3[nH]2)n1. The van der Waals surface area contributed by atoms with Crippen molar-refractivity contribution >= 4 is 22.1 Å². The van der Waals surface area contributed by atoms with Crippen molar-refractivity contribution in [3.63, 3.8) is 0 Å². The fourth-order valence-corrected chi connectivity index (χ4v) is 3.49. The van der Waals surface area contributed by atoms with Crippen LogP contribution >= 0.6 is 0 Å². The number of nitrogens with one attached hydrogen (secondary N) is 2. The predicted molar refractivity (Wildman–Crippen MR) is 108 cm³/mol. The van der Waals surface area contributed by atoms with Crippen LogP contribution in [0.5, 0.6) is 0 Å². The van der Waals surface area contributed by atoms with E-state index in [-0.39, 0.29) is 0 Å². The van der Waals surface area contributed by atoms with Crippen LogP contribution in [0.1, 0.15) is 22.6 Å². The summed E-state index contributed by atoms with van der Waals surface area (Å²) < 4.78 is 0. The van der Waals surface area contributed by atoms with Gasteiger partial charge in [-0.25, -0.2) is 15.0 Å². The summed E-state index contributed by atoms with van der Waals surface area (Å²) in [6.07, 6.45) is 0.862. The normalized spacial score (nSPS) is 11.5. The molecule has 2 aromatic carbocycles. The number of aryl methyl sites for hydroxylation is 2. The Morgan fingerprint density at radius 3 is 2.19 bits per heavy atom. The zero-order chi connectivity index (χ0) is 18.4. The zero-order valence-electron chi connectivity index (χ0n) is 15.2. The van der Waals surface area contributed by atoms with Crippen LogP contribution in [0.15, 0.2) is 54.6 Å². The van der Waals surface area contributed by atoms with Crippen molar-refractivity contribution in [2.24, 2.45) is 0 Å². The average Bonchev–Trinajstić information content (AvgIpc) is 3.23. The van der Waals surface area contributed by atoms with Gasteiger partial charge in [-0.1, -0.05) is 18.2 Å². The van der Waals surface area contributed by atoms with Crippen molar-refractivity contribution < 1.29 is 0 Å². The molecular weight excluding hydrogens is 334 g/mol. The lowest BCUT2D eigenvalue weighted by Gasteiger charge is -2.02. The molecule has 0 saturated carbocycles. The van der Waals surface area contributed by atoms with E-state index in [2.05, 4.69) is 61.3 Å². The largest absolute Gasteiger partial charge is 0.342 e. The van der Waals surface area contributed by atoms with Crippen molar-refractivity contribution in [3.05, 3.63) is 77.2 Å². The Morgan fingerprint density at radius 1 is 0.741 bits per heavy atom. The Hall–Kier alpha value is -3.47. The maximum absolute atomic E-state index is 4.68. The molecule has 5 rings (SSSR count). The van der Waals surface area contributed by atoms with Crippen molar-refractivity contribution in [1.29, 1.82) is 0 Å². The first-order chi connectivity index (χ1) is 13.1. The summed E-state index contributed by atoms with van der Waals surface area (Å²) in [5.41, 5.74) is 8.43. The van der Waals surface area contributed by atoms with Crippen molar-refractivity contribution in [2.45, 2.75) is 20.3 Å². The Kier molecular flexibility index (Phi) is 3.53. The molecular formula is C22H19N5. The van der Waals surface area contributed by atoms with E-state index in [0.29, 0.717) is 0 Å². The third kappa shape index (κ3) is 2.97. The molecule has 27 heavy (non-hydrogen) atoms. The van der Waals surface area contributed by atoms with Gasteiger partial charge in [0.2, 0.25) is 0 Å². The molecule has 5 aromatic rings. The monoisotopic (exact) mass is 353 g/mol. The molecule has 5 heteroatoms. The van der Waals surface area contributed by atoms with Gasteiger partial charge >= 0.3 is 0 Å². The Balaban J connectivity index is 1.48. The molecule has 0 amide bonds. The quantitative estimate of drug-likeness (QED) is 0.493. The van der Waals surface area contributed by atoms with Crippen LogP contribution < -0.4 is 0 Å². The first kappa shape index (κ1) is 15.8. The maximum Gasteiger partial charge on any atom is 0.157 e. The second kappa shape index (κ2) is 6.06. The van der Waals surface area contributed by atoms with Crippen molar-refractivity contribution in [3.8, 4) is 11.5 Å². The summed E-state index contributed by atoms with van der Waals surface area (Å²) in [7, 11) is 0. The zero-order valence-corrected chi connectivity index (χ0v) is 15.2. The highest BCUT2D eigenvalue weighted by Gasteiger charge is 2.08. The van der Waals surface area contributed by atoms with Gasteiger partial charge in [0.25, 0.3) is 0 Å². The van der Waals surface area contributed by atoms with Crippen molar-refractivity contribution in [1.82, 2.24) is 24.9 Å². The standard InChI is InChI=1S/C22H19N5/c1-13-4-3-5-19(23-13)22-26-18-9-7-16(12-21(18)27-22)10-15-6-8-17-20(11-15)25-14(2)24-17/h3-9,11-12H,10H2,1-2H3,(H,24,25)(H,26,27). The molecule has 0 radical (unpaired) electrons. The highest BCUT2D eigenvalue weighted by Crippen LogP contribution is 2.22. The van der Waals surface area contributed by atoms with Gasteiger partial charge in [0, 0.05) is 5.69 Å². The van der Waals surface area contributed by atoms with E-state index >= 15 is 0 Å². The fourth-order valence-electron chi connectivity index (χ4n) is 3.49. The van der Waals surface area contributed by atoms with E-state index in [1.807, 2.05) is 32.0 Å². The summed E-state index contributed by atoms with van der Waals surface area (Å²) in [5.74, 6) is 1.75. The molecule has 0 aliphatic heterocycles. The second-order valence-electron chi connectivity index (χ2n) is 6.95. The van der Waals surface area contributed by atoms with Crippen LogP contribution in [0.3, 0.4) is 0 Å². The molecule has 0 saturated heterocycles. The van der Waals surface area contributed by atoms with Gasteiger partial charge in [-0.2, -0.15) is 0 Å². The summed E-state index contributed by atoms with van der Waals surface area (Å²) in [4.78, 5) is 20.4. The molecule has 3 heterocycles. The van der Waals surface area contributed by atoms with Gasteiger partial charge in [0.05, 0.1) is 22.1 Å². The van der Waals surface area contributed by atoms with E-state index in [4.69, 9.17) is 0 Å². The van der Waals surface area contributed by atoms with Gasteiger partial charge in [-0.3, -0.25) is 0 Å². The molecule has 0 aliphatic carbocycles. The molecule has 0 bridgehead atoms. The number of hydrogen-bond donors (Lipinski definition) is 2. The van der Waals surface area contributed by atoms with Crippen LogP contribution in [0.2, 0.25) is 0 Å². The average molecular weight is 353 g/mol. The minimum atomic E-state index is 0.806. The minimum Gasteiger partial charge on any atom is -0.342 e. The number of nitrogens with zero attached hydrogens (tertiary/aromatic N) is 3. The summed E-state index contributed by atoms with van der Waals surface area (Å²) in [6.45, 7) is 3.97. The Labute approximate surface area is 156 Å². The van der Waals surface area contributed by atoms with E-state index in [1.165, 1.54) is 11.1 Å². The maximum atomic E-state index is 4.68. The number of fused-ring (bicyclic) bond motifs is 2. The summed E-state index contributed by atoms with van der Waals surface area (Å²) in [5, 5.41) is 0. The minimum absolute atomic E-state index is 0.806. The van der Waals surface area contributed by atoms with Crippen LogP contribution in [0, 0.1) is 13.8 Å². The Morgan fingerprint density at radius 2 is 1.44 bits per heavy atom. The lowest BCUT2D eigenvalue weighted by molar-refractivity contribution is 1.17. The molecule has 0 spiro atoms. The van der Waals surface area contributed by atoms with E-state index in [9.17, 15) is 0 Å². The first-order valence-corrected chi connectivity index (χ1v) is 9.02. The molecule has 3 aromatic heterocycles. The highest BCUT2D eigenvalue weighted by atomic mass is 14.9. The molecule has 2 N–H and O–H groups in total.